The van der Waals surface area contributed by atoms with Crippen molar-refractivity contribution in [3.05, 3.63) is 33.5 Å². The normalized spacial score (nSPS) is 15.7. The number of halogens is 2. The lowest BCUT2D eigenvalue weighted by molar-refractivity contribution is -0.118. The number of aryl methyl sites for hydroxylation is 1. The second kappa shape index (κ2) is 3.22. The van der Waals surface area contributed by atoms with Crippen LogP contribution in [0.2, 0.25) is 0 Å². The van der Waals surface area contributed by atoms with E-state index >= 15 is 0 Å². The summed E-state index contributed by atoms with van der Waals surface area (Å²) in [6, 6.07) is 3.21. The lowest BCUT2D eigenvalue weighted by Gasteiger charge is -2.16. The molecule has 0 amide bonds. The van der Waals surface area contributed by atoms with Crippen molar-refractivity contribution in [2.24, 2.45) is 0 Å². The van der Waals surface area contributed by atoms with Gasteiger partial charge in [0.05, 0.1) is 4.47 Å². The molecule has 0 saturated heterocycles. The topological polar surface area (TPSA) is 17.1 Å². The Morgan fingerprint density at radius 1 is 1.31 bits per heavy atom. The molecule has 0 fully saturated rings. The Labute approximate surface area is 84.1 Å². The molecule has 68 valence electrons. The van der Waals surface area contributed by atoms with Crippen LogP contribution in [0.3, 0.4) is 0 Å². The molecule has 1 aromatic carbocycles. The minimum Gasteiger partial charge on any atom is -0.299 e. The largest absolute Gasteiger partial charge is 0.299 e. The van der Waals surface area contributed by atoms with E-state index < -0.39 is 0 Å². The van der Waals surface area contributed by atoms with E-state index in [4.69, 9.17) is 0 Å². The average Bonchev–Trinajstić information content (AvgIpc) is 2.12. The Hall–Kier alpha value is -0.700. The van der Waals surface area contributed by atoms with Gasteiger partial charge >= 0.3 is 0 Å². The van der Waals surface area contributed by atoms with Crippen molar-refractivity contribution < 1.29 is 9.18 Å². The van der Waals surface area contributed by atoms with Gasteiger partial charge in [-0.05, 0) is 39.5 Å². The van der Waals surface area contributed by atoms with Gasteiger partial charge in [-0.15, -0.1) is 0 Å². The molecule has 0 unspecified atom stereocenters. The lowest BCUT2D eigenvalue weighted by atomic mass is 9.91. The van der Waals surface area contributed by atoms with E-state index in [1.54, 1.807) is 6.07 Å². The van der Waals surface area contributed by atoms with Gasteiger partial charge in [0.2, 0.25) is 0 Å². The van der Waals surface area contributed by atoms with Crippen molar-refractivity contribution in [1.29, 1.82) is 0 Å². The molecule has 0 heterocycles. The number of rotatable bonds is 0. The maximum atomic E-state index is 13.1. The fourth-order valence-corrected chi connectivity index (χ4v) is 2.14. The van der Waals surface area contributed by atoms with Crippen LogP contribution in [0.15, 0.2) is 16.6 Å². The molecule has 1 nitrogen and oxygen atoms in total. The predicted molar refractivity (Wildman–Crippen MR) is 51.1 cm³/mol. The maximum Gasteiger partial charge on any atom is 0.137 e. The Bertz CT molecular complexity index is 373. The van der Waals surface area contributed by atoms with Gasteiger partial charge < -0.3 is 0 Å². The summed E-state index contributed by atoms with van der Waals surface area (Å²) < 4.78 is 13.5. The third-order valence-electron chi connectivity index (χ3n) is 2.34. The Morgan fingerprint density at radius 2 is 2.08 bits per heavy atom. The Balaban J connectivity index is 2.54. The molecular weight excluding hydrogens is 235 g/mol. The van der Waals surface area contributed by atoms with Crippen LogP contribution >= 0.6 is 15.9 Å². The number of fused-ring (bicyclic) bond motifs is 1. The summed E-state index contributed by atoms with van der Waals surface area (Å²) in [6.07, 6.45) is 1.70. The van der Waals surface area contributed by atoms with Gasteiger partial charge in [0.1, 0.15) is 11.6 Å². The summed E-state index contributed by atoms with van der Waals surface area (Å²) in [5, 5.41) is 0. The summed E-state index contributed by atoms with van der Waals surface area (Å²) in [5.41, 5.74) is 1.92. The van der Waals surface area contributed by atoms with Gasteiger partial charge in [-0.3, -0.25) is 4.79 Å². The van der Waals surface area contributed by atoms with E-state index in [9.17, 15) is 9.18 Å². The predicted octanol–water partition coefficient (Wildman–Crippen LogP) is 2.65. The first-order chi connectivity index (χ1) is 6.18. The van der Waals surface area contributed by atoms with Crippen molar-refractivity contribution in [1.82, 2.24) is 0 Å². The van der Waals surface area contributed by atoms with Gasteiger partial charge in [0, 0.05) is 12.8 Å². The number of carbonyl (C=O) groups excluding carboxylic acids is 1. The first-order valence-electron chi connectivity index (χ1n) is 4.16. The summed E-state index contributed by atoms with van der Waals surface area (Å²) in [4.78, 5) is 11.1. The average molecular weight is 243 g/mol. The molecule has 0 saturated carbocycles. The zero-order valence-corrected chi connectivity index (χ0v) is 8.53. The molecule has 2 rings (SSSR count). The molecule has 0 aliphatic heterocycles. The summed E-state index contributed by atoms with van der Waals surface area (Å²) in [5.74, 6) is -0.0905. The highest BCUT2D eigenvalue weighted by atomic mass is 79.9. The highest BCUT2D eigenvalue weighted by molar-refractivity contribution is 9.10. The minimum absolute atomic E-state index is 0.193. The van der Waals surface area contributed by atoms with E-state index in [0.717, 1.165) is 17.5 Å². The SMILES string of the molecule is O=C1CCc2ccc(F)c(Br)c2C1. The van der Waals surface area contributed by atoms with Gasteiger partial charge in [0.25, 0.3) is 0 Å². The van der Waals surface area contributed by atoms with Crippen LogP contribution in [0.1, 0.15) is 17.5 Å². The van der Waals surface area contributed by atoms with Crippen molar-refractivity contribution in [3.63, 3.8) is 0 Å². The molecule has 0 radical (unpaired) electrons. The second-order valence-electron chi connectivity index (χ2n) is 3.21. The van der Waals surface area contributed by atoms with Crippen molar-refractivity contribution in [3.8, 4) is 0 Å². The van der Waals surface area contributed by atoms with Crippen molar-refractivity contribution in [2.75, 3.05) is 0 Å². The number of hydrogen-bond acceptors (Lipinski definition) is 1. The van der Waals surface area contributed by atoms with E-state index in [-0.39, 0.29) is 11.6 Å². The molecule has 0 spiro atoms. The third-order valence-corrected chi connectivity index (χ3v) is 3.20. The summed E-state index contributed by atoms with van der Waals surface area (Å²) >= 11 is 3.17. The standard InChI is InChI=1S/C10H8BrFO/c11-10-8-5-7(13)3-1-6(8)2-4-9(10)12/h2,4H,1,3,5H2. The molecule has 13 heavy (non-hydrogen) atoms. The fraction of sp³-hybridized carbons (Fsp3) is 0.300. The molecule has 1 aliphatic carbocycles. The van der Waals surface area contributed by atoms with Crippen LogP contribution in [0, 0.1) is 5.82 Å². The third kappa shape index (κ3) is 1.53. The Kier molecular flexibility index (Phi) is 2.20. The van der Waals surface area contributed by atoms with E-state index in [1.807, 2.05) is 0 Å². The van der Waals surface area contributed by atoms with Crippen molar-refractivity contribution >= 4 is 21.7 Å². The van der Waals surface area contributed by atoms with Gasteiger partial charge in [-0.25, -0.2) is 4.39 Å². The van der Waals surface area contributed by atoms with E-state index in [0.29, 0.717) is 17.3 Å². The number of carbonyl (C=O) groups is 1. The Morgan fingerprint density at radius 3 is 2.85 bits per heavy atom. The van der Waals surface area contributed by atoms with Crippen LogP contribution in [0.4, 0.5) is 4.39 Å². The van der Waals surface area contributed by atoms with Crippen LogP contribution < -0.4 is 0 Å². The molecular formula is C10H8BrFO. The first-order valence-corrected chi connectivity index (χ1v) is 4.95. The number of Topliss-reactive ketones (excluding diaryl/α,β-unsaturated/α-hetero) is 1. The smallest absolute Gasteiger partial charge is 0.137 e. The summed E-state index contributed by atoms with van der Waals surface area (Å²) in [6.45, 7) is 0. The highest BCUT2D eigenvalue weighted by Crippen LogP contribution is 2.28. The maximum absolute atomic E-state index is 13.1. The molecule has 0 aromatic heterocycles. The number of hydrogen-bond donors (Lipinski definition) is 0. The van der Waals surface area contributed by atoms with Crippen LogP contribution in [0.5, 0.6) is 0 Å². The van der Waals surface area contributed by atoms with Crippen LogP contribution in [0.25, 0.3) is 0 Å². The monoisotopic (exact) mass is 242 g/mol. The minimum atomic E-state index is -0.284. The second-order valence-corrected chi connectivity index (χ2v) is 4.01. The molecule has 1 aromatic rings. The van der Waals surface area contributed by atoms with Gasteiger partial charge in [-0.2, -0.15) is 0 Å². The lowest BCUT2D eigenvalue weighted by Crippen LogP contribution is -2.14. The molecule has 3 heteroatoms. The highest BCUT2D eigenvalue weighted by Gasteiger charge is 2.19. The molecule has 0 atom stereocenters. The molecule has 0 N–H and O–H groups in total. The van der Waals surface area contributed by atoms with Crippen molar-refractivity contribution in [2.45, 2.75) is 19.3 Å². The quantitative estimate of drug-likeness (QED) is 0.684. The first kappa shape index (κ1) is 8.88. The van der Waals surface area contributed by atoms with E-state index in [1.165, 1.54) is 6.07 Å². The number of benzene rings is 1. The molecule has 1 aliphatic rings. The van der Waals surface area contributed by atoms with Gasteiger partial charge in [0.15, 0.2) is 0 Å². The zero-order valence-electron chi connectivity index (χ0n) is 6.94. The van der Waals surface area contributed by atoms with Gasteiger partial charge in [-0.1, -0.05) is 6.07 Å². The van der Waals surface area contributed by atoms with Crippen LogP contribution in [-0.4, -0.2) is 5.78 Å². The van der Waals surface area contributed by atoms with Crippen LogP contribution in [-0.2, 0) is 17.6 Å². The number of ketones is 1. The fourth-order valence-electron chi connectivity index (χ4n) is 1.62. The molecule has 0 bridgehead atoms. The summed E-state index contributed by atoms with van der Waals surface area (Å²) in [7, 11) is 0. The zero-order chi connectivity index (χ0) is 9.42. The van der Waals surface area contributed by atoms with E-state index in [2.05, 4.69) is 15.9 Å².